The SMILES string of the molecule is CCN1CCOC(C(=O)NCC2CCCCN2)C1. The number of ether oxygens (including phenoxy) is 1. The number of carbonyl (C=O) groups excluding carboxylic acids is 1. The number of amides is 1. The first-order valence-electron chi connectivity index (χ1n) is 7.14. The molecule has 0 aliphatic carbocycles. The van der Waals surface area contributed by atoms with Crippen LogP contribution in [0.4, 0.5) is 0 Å². The van der Waals surface area contributed by atoms with Crippen molar-refractivity contribution in [2.75, 3.05) is 39.3 Å². The number of morpholine rings is 1. The van der Waals surface area contributed by atoms with E-state index in [0.29, 0.717) is 12.6 Å². The van der Waals surface area contributed by atoms with Crippen LogP contribution in [0.25, 0.3) is 0 Å². The molecule has 2 N–H and O–H groups in total. The number of carbonyl (C=O) groups is 1. The average molecular weight is 255 g/mol. The van der Waals surface area contributed by atoms with E-state index in [2.05, 4.69) is 22.5 Å². The van der Waals surface area contributed by atoms with Crippen LogP contribution in [0, 0.1) is 0 Å². The largest absolute Gasteiger partial charge is 0.366 e. The smallest absolute Gasteiger partial charge is 0.250 e. The Morgan fingerprint density at radius 3 is 3.11 bits per heavy atom. The zero-order valence-electron chi connectivity index (χ0n) is 11.3. The summed E-state index contributed by atoms with van der Waals surface area (Å²) in [6.45, 7) is 7.22. The average Bonchev–Trinajstić information content (AvgIpc) is 2.46. The maximum Gasteiger partial charge on any atom is 0.250 e. The minimum absolute atomic E-state index is 0.0422. The van der Waals surface area contributed by atoms with Gasteiger partial charge in [0.25, 0.3) is 5.91 Å². The summed E-state index contributed by atoms with van der Waals surface area (Å²) in [7, 11) is 0. The van der Waals surface area contributed by atoms with Gasteiger partial charge >= 0.3 is 0 Å². The van der Waals surface area contributed by atoms with E-state index in [1.54, 1.807) is 0 Å². The normalized spacial score (nSPS) is 30.1. The first-order chi connectivity index (χ1) is 8.79. The monoisotopic (exact) mass is 255 g/mol. The fraction of sp³-hybridized carbons (Fsp3) is 0.923. The topological polar surface area (TPSA) is 53.6 Å². The first kappa shape index (κ1) is 13.8. The summed E-state index contributed by atoms with van der Waals surface area (Å²) in [5.41, 5.74) is 0. The van der Waals surface area contributed by atoms with E-state index in [-0.39, 0.29) is 12.0 Å². The third kappa shape index (κ3) is 3.93. The predicted molar refractivity (Wildman–Crippen MR) is 70.5 cm³/mol. The van der Waals surface area contributed by atoms with Crippen LogP contribution >= 0.6 is 0 Å². The quantitative estimate of drug-likeness (QED) is 0.740. The first-order valence-corrected chi connectivity index (χ1v) is 7.14. The third-order valence-corrected chi connectivity index (χ3v) is 3.83. The van der Waals surface area contributed by atoms with Crippen molar-refractivity contribution in [3.63, 3.8) is 0 Å². The van der Waals surface area contributed by atoms with E-state index >= 15 is 0 Å². The second-order valence-electron chi connectivity index (χ2n) is 5.14. The predicted octanol–water partition coefficient (Wildman–Crippen LogP) is -0.0346. The highest BCUT2D eigenvalue weighted by Crippen LogP contribution is 2.07. The molecule has 2 aliphatic heterocycles. The number of rotatable bonds is 4. The number of hydrogen-bond acceptors (Lipinski definition) is 4. The van der Waals surface area contributed by atoms with Gasteiger partial charge in [0.15, 0.2) is 0 Å². The summed E-state index contributed by atoms with van der Waals surface area (Å²) in [5.74, 6) is 0.0422. The van der Waals surface area contributed by atoms with Gasteiger partial charge in [-0.3, -0.25) is 9.69 Å². The Bertz CT molecular complexity index is 267. The minimum Gasteiger partial charge on any atom is -0.366 e. The van der Waals surface area contributed by atoms with Gasteiger partial charge in [-0.2, -0.15) is 0 Å². The molecule has 0 aromatic rings. The maximum absolute atomic E-state index is 12.0. The second-order valence-corrected chi connectivity index (χ2v) is 5.14. The number of likely N-dealkylation sites (N-methyl/N-ethyl adjacent to an activating group) is 1. The van der Waals surface area contributed by atoms with Crippen molar-refractivity contribution < 1.29 is 9.53 Å². The lowest BCUT2D eigenvalue weighted by atomic mass is 10.1. The Morgan fingerprint density at radius 2 is 2.39 bits per heavy atom. The number of nitrogens with one attached hydrogen (secondary N) is 2. The van der Waals surface area contributed by atoms with Crippen molar-refractivity contribution in [3.8, 4) is 0 Å². The van der Waals surface area contributed by atoms with Crippen LogP contribution in [0.1, 0.15) is 26.2 Å². The molecule has 2 fully saturated rings. The van der Waals surface area contributed by atoms with E-state index in [1.807, 2.05) is 0 Å². The maximum atomic E-state index is 12.0. The van der Waals surface area contributed by atoms with E-state index < -0.39 is 0 Å². The molecule has 2 rings (SSSR count). The van der Waals surface area contributed by atoms with E-state index in [4.69, 9.17) is 4.74 Å². The molecule has 2 unspecified atom stereocenters. The number of nitrogens with zero attached hydrogens (tertiary/aromatic N) is 1. The van der Waals surface area contributed by atoms with E-state index in [1.165, 1.54) is 12.8 Å². The lowest BCUT2D eigenvalue weighted by molar-refractivity contribution is -0.138. The van der Waals surface area contributed by atoms with Gasteiger partial charge in [-0.1, -0.05) is 13.3 Å². The molecule has 1 amide bonds. The molecular formula is C13H25N3O2. The molecule has 0 bridgehead atoms. The summed E-state index contributed by atoms with van der Waals surface area (Å²) < 4.78 is 5.54. The highest BCUT2D eigenvalue weighted by atomic mass is 16.5. The molecule has 18 heavy (non-hydrogen) atoms. The number of piperidine rings is 1. The van der Waals surface area contributed by atoms with Crippen molar-refractivity contribution in [2.45, 2.75) is 38.3 Å². The van der Waals surface area contributed by atoms with Gasteiger partial charge in [-0.15, -0.1) is 0 Å². The summed E-state index contributed by atoms with van der Waals surface area (Å²) >= 11 is 0. The van der Waals surface area contributed by atoms with Crippen molar-refractivity contribution in [2.24, 2.45) is 0 Å². The molecule has 0 aromatic heterocycles. The summed E-state index contributed by atoms with van der Waals surface area (Å²) in [5, 5.41) is 6.44. The lowest BCUT2D eigenvalue weighted by Crippen LogP contribution is -2.52. The molecule has 104 valence electrons. The van der Waals surface area contributed by atoms with Crippen molar-refractivity contribution in [1.29, 1.82) is 0 Å². The standard InChI is InChI=1S/C13H25N3O2/c1-2-16-7-8-18-12(10-16)13(17)15-9-11-5-3-4-6-14-11/h11-12,14H,2-10H2,1H3,(H,15,17). The number of hydrogen-bond donors (Lipinski definition) is 2. The highest BCUT2D eigenvalue weighted by Gasteiger charge is 2.26. The van der Waals surface area contributed by atoms with Crippen LogP contribution in [0.5, 0.6) is 0 Å². The Labute approximate surface area is 109 Å². The molecule has 2 heterocycles. The van der Waals surface area contributed by atoms with Crippen LogP contribution in [0.2, 0.25) is 0 Å². The van der Waals surface area contributed by atoms with Gasteiger partial charge in [0.1, 0.15) is 6.10 Å². The van der Waals surface area contributed by atoms with Crippen molar-refractivity contribution in [1.82, 2.24) is 15.5 Å². The fourth-order valence-electron chi connectivity index (χ4n) is 2.58. The molecule has 0 radical (unpaired) electrons. The molecule has 2 aliphatic rings. The van der Waals surface area contributed by atoms with Gasteiger partial charge in [0, 0.05) is 25.7 Å². The van der Waals surface area contributed by atoms with Gasteiger partial charge in [0.2, 0.25) is 0 Å². The lowest BCUT2D eigenvalue weighted by Gasteiger charge is -2.31. The second kappa shape index (κ2) is 7.07. The zero-order valence-corrected chi connectivity index (χ0v) is 11.3. The summed E-state index contributed by atoms with van der Waals surface area (Å²) in [6, 6.07) is 0.438. The Balaban J connectivity index is 1.70. The van der Waals surface area contributed by atoms with Gasteiger partial charge < -0.3 is 15.4 Å². The molecular weight excluding hydrogens is 230 g/mol. The minimum atomic E-state index is -0.290. The van der Waals surface area contributed by atoms with Gasteiger partial charge in [-0.25, -0.2) is 0 Å². The Hall–Kier alpha value is -0.650. The van der Waals surface area contributed by atoms with Crippen LogP contribution < -0.4 is 10.6 Å². The van der Waals surface area contributed by atoms with Gasteiger partial charge in [-0.05, 0) is 25.9 Å². The third-order valence-electron chi connectivity index (χ3n) is 3.83. The molecule has 0 saturated carbocycles. The van der Waals surface area contributed by atoms with Crippen molar-refractivity contribution in [3.05, 3.63) is 0 Å². The van der Waals surface area contributed by atoms with Crippen LogP contribution in [0.3, 0.4) is 0 Å². The zero-order chi connectivity index (χ0) is 12.8. The highest BCUT2D eigenvalue weighted by molar-refractivity contribution is 5.81. The molecule has 0 aromatic carbocycles. The molecule has 2 saturated heterocycles. The Kier molecular flexibility index (Phi) is 5.41. The molecule has 2 atom stereocenters. The summed E-state index contributed by atoms with van der Waals surface area (Å²) in [6.07, 6.45) is 3.38. The Morgan fingerprint density at radius 1 is 1.50 bits per heavy atom. The summed E-state index contributed by atoms with van der Waals surface area (Å²) in [4.78, 5) is 14.3. The molecule has 5 heteroatoms. The molecule has 5 nitrogen and oxygen atoms in total. The fourth-order valence-corrected chi connectivity index (χ4v) is 2.58. The van der Waals surface area contributed by atoms with Crippen LogP contribution in [-0.2, 0) is 9.53 Å². The van der Waals surface area contributed by atoms with Crippen molar-refractivity contribution >= 4 is 5.91 Å². The molecule has 0 spiro atoms. The van der Waals surface area contributed by atoms with E-state index in [0.717, 1.165) is 39.1 Å². The van der Waals surface area contributed by atoms with Gasteiger partial charge in [0.05, 0.1) is 6.61 Å². The van der Waals surface area contributed by atoms with Crippen LogP contribution in [-0.4, -0.2) is 62.3 Å². The van der Waals surface area contributed by atoms with Crippen LogP contribution in [0.15, 0.2) is 0 Å². The van der Waals surface area contributed by atoms with E-state index in [9.17, 15) is 4.79 Å².